The van der Waals surface area contributed by atoms with Crippen LogP contribution in [-0.2, 0) is 12.3 Å². The molecule has 2 aromatic heterocycles. The minimum Gasteiger partial charge on any atom is -0.415 e. The van der Waals surface area contributed by atoms with Gasteiger partial charge in [-0.2, -0.15) is 4.98 Å². The Morgan fingerprint density at radius 1 is 1.14 bits per heavy atom. The van der Waals surface area contributed by atoms with E-state index in [0.717, 1.165) is 0 Å². The van der Waals surface area contributed by atoms with Gasteiger partial charge in [-0.05, 0) is 24.3 Å². The van der Waals surface area contributed by atoms with Gasteiger partial charge < -0.3 is 14.7 Å². The van der Waals surface area contributed by atoms with Crippen molar-refractivity contribution in [2.24, 2.45) is 5.73 Å². The highest BCUT2D eigenvalue weighted by molar-refractivity contribution is 7.98. The van der Waals surface area contributed by atoms with Crippen LogP contribution in [0.3, 0.4) is 0 Å². The number of rotatable bonds is 5. The number of hydrogen-bond donors (Lipinski definition) is 1. The van der Waals surface area contributed by atoms with Gasteiger partial charge >= 0.3 is 0 Å². The number of aromatic nitrogens is 4. The molecule has 0 radical (unpaired) electrons. The highest BCUT2D eigenvalue weighted by Gasteiger charge is 2.11. The van der Waals surface area contributed by atoms with E-state index in [2.05, 4.69) is 20.3 Å². The van der Waals surface area contributed by atoms with Crippen molar-refractivity contribution >= 4 is 11.8 Å². The summed E-state index contributed by atoms with van der Waals surface area (Å²) in [4.78, 5) is 4.22. The van der Waals surface area contributed by atoms with Crippen molar-refractivity contribution in [3.05, 3.63) is 41.9 Å². The van der Waals surface area contributed by atoms with Crippen LogP contribution in [-0.4, -0.2) is 20.3 Å². The second-order valence-corrected chi connectivity index (χ2v) is 4.90. The zero-order chi connectivity index (χ0) is 14.7. The van der Waals surface area contributed by atoms with E-state index in [1.54, 1.807) is 12.1 Å². The molecule has 0 aliphatic rings. The number of benzene rings is 1. The van der Waals surface area contributed by atoms with E-state index in [1.807, 2.05) is 0 Å². The molecule has 7 nitrogen and oxygen atoms in total. The molecule has 1 aromatic carbocycles. The van der Waals surface area contributed by atoms with Crippen LogP contribution in [0.15, 0.2) is 38.4 Å². The maximum atomic E-state index is 12.8. The molecule has 9 heteroatoms. The lowest BCUT2D eigenvalue weighted by atomic mass is 10.2. The van der Waals surface area contributed by atoms with E-state index in [9.17, 15) is 4.39 Å². The van der Waals surface area contributed by atoms with Crippen LogP contribution in [0, 0.1) is 5.82 Å². The Balaban J connectivity index is 1.66. The van der Waals surface area contributed by atoms with Crippen molar-refractivity contribution < 1.29 is 13.3 Å². The summed E-state index contributed by atoms with van der Waals surface area (Å²) in [5.74, 6) is 1.26. The average molecular weight is 307 g/mol. The lowest BCUT2D eigenvalue weighted by molar-refractivity contribution is 0.389. The topological polar surface area (TPSA) is 104 Å². The number of hydrogen-bond acceptors (Lipinski definition) is 8. The molecule has 0 unspecified atom stereocenters. The number of nitrogens with zero attached hydrogens (tertiary/aromatic N) is 4. The van der Waals surface area contributed by atoms with Crippen molar-refractivity contribution in [3.8, 4) is 11.4 Å². The first-order valence-corrected chi connectivity index (χ1v) is 6.97. The van der Waals surface area contributed by atoms with Crippen molar-refractivity contribution in [2.75, 3.05) is 0 Å². The zero-order valence-corrected chi connectivity index (χ0v) is 11.5. The van der Waals surface area contributed by atoms with Crippen LogP contribution in [0.25, 0.3) is 11.4 Å². The first kappa shape index (κ1) is 13.7. The van der Waals surface area contributed by atoms with E-state index in [0.29, 0.717) is 34.1 Å². The molecule has 108 valence electrons. The Labute approximate surface area is 122 Å². The maximum absolute atomic E-state index is 12.8. The zero-order valence-electron chi connectivity index (χ0n) is 10.7. The fourth-order valence-corrected chi connectivity index (χ4v) is 2.15. The molecule has 0 bridgehead atoms. The summed E-state index contributed by atoms with van der Waals surface area (Å²) >= 11 is 1.27. The molecule has 0 aliphatic heterocycles. The van der Waals surface area contributed by atoms with Gasteiger partial charge in [-0.25, -0.2) is 4.39 Å². The molecule has 0 atom stereocenters. The molecule has 3 aromatic rings. The van der Waals surface area contributed by atoms with Crippen molar-refractivity contribution in [1.29, 1.82) is 0 Å². The molecule has 2 N–H and O–H groups in total. The second-order valence-electron chi connectivity index (χ2n) is 3.97. The van der Waals surface area contributed by atoms with Crippen LogP contribution in [0.1, 0.15) is 11.8 Å². The lowest BCUT2D eigenvalue weighted by Gasteiger charge is -1.92. The third kappa shape index (κ3) is 3.26. The number of halogens is 1. The Morgan fingerprint density at radius 3 is 2.67 bits per heavy atom. The van der Waals surface area contributed by atoms with Crippen LogP contribution in [0.2, 0.25) is 0 Å². The lowest BCUT2D eigenvalue weighted by Crippen LogP contribution is -1.95. The van der Waals surface area contributed by atoms with Gasteiger partial charge in [0.25, 0.3) is 5.22 Å². The third-order valence-electron chi connectivity index (χ3n) is 2.51. The third-order valence-corrected chi connectivity index (χ3v) is 3.32. The van der Waals surface area contributed by atoms with Crippen LogP contribution in [0.4, 0.5) is 4.39 Å². The quantitative estimate of drug-likeness (QED) is 0.714. The van der Waals surface area contributed by atoms with Gasteiger partial charge in [0, 0.05) is 5.56 Å². The minimum atomic E-state index is -0.315. The Kier molecular flexibility index (Phi) is 3.93. The van der Waals surface area contributed by atoms with Gasteiger partial charge in [0.15, 0.2) is 0 Å². The molecule has 0 amide bonds. The van der Waals surface area contributed by atoms with E-state index in [4.69, 9.17) is 14.7 Å². The number of thioether (sulfide) groups is 1. The van der Waals surface area contributed by atoms with E-state index in [1.165, 1.54) is 23.9 Å². The first-order chi connectivity index (χ1) is 10.2. The monoisotopic (exact) mass is 307 g/mol. The van der Waals surface area contributed by atoms with E-state index < -0.39 is 0 Å². The number of nitrogens with two attached hydrogens (primary N) is 1. The standard InChI is InChI=1S/C12H10FN5O2S/c13-8-3-1-7(2-4-8)11-15-10(20-18-11)6-21-12-17-16-9(5-14)19-12/h1-4H,5-6,14H2. The second kappa shape index (κ2) is 6.02. The highest BCUT2D eigenvalue weighted by Crippen LogP contribution is 2.22. The molecular formula is C12H10FN5O2S. The average Bonchev–Trinajstić information content (AvgIpc) is 3.15. The largest absolute Gasteiger partial charge is 0.415 e. The predicted molar refractivity (Wildman–Crippen MR) is 71.4 cm³/mol. The van der Waals surface area contributed by atoms with E-state index in [-0.39, 0.29) is 12.4 Å². The van der Waals surface area contributed by atoms with Crippen molar-refractivity contribution in [3.63, 3.8) is 0 Å². The molecule has 0 spiro atoms. The highest BCUT2D eigenvalue weighted by atomic mass is 32.2. The van der Waals surface area contributed by atoms with Crippen LogP contribution in [0.5, 0.6) is 0 Å². The molecule has 0 aliphatic carbocycles. The Hall–Kier alpha value is -2.26. The summed E-state index contributed by atoms with van der Waals surface area (Å²) in [6.07, 6.45) is 0. The Bertz CT molecular complexity index is 727. The van der Waals surface area contributed by atoms with Gasteiger partial charge in [-0.15, -0.1) is 10.2 Å². The minimum absolute atomic E-state index is 0.197. The predicted octanol–water partition coefficient (Wildman–Crippen LogP) is 2.01. The van der Waals surface area contributed by atoms with Gasteiger partial charge in [-0.1, -0.05) is 16.9 Å². The van der Waals surface area contributed by atoms with Crippen molar-refractivity contribution in [1.82, 2.24) is 20.3 Å². The van der Waals surface area contributed by atoms with Gasteiger partial charge in [0.05, 0.1) is 12.3 Å². The van der Waals surface area contributed by atoms with E-state index >= 15 is 0 Å². The molecule has 0 saturated carbocycles. The van der Waals surface area contributed by atoms with Gasteiger partial charge in [0.2, 0.25) is 17.6 Å². The molecular weight excluding hydrogens is 297 g/mol. The van der Waals surface area contributed by atoms with Gasteiger partial charge in [0.1, 0.15) is 5.82 Å². The van der Waals surface area contributed by atoms with Crippen molar-refractivity contribution in [2.45, 2.75) is 17.5 Å². The summed E-state index contributed by atoms with van der Waals surface area (Å²) < 4.78 is 23.2. The molecule has 3 rings (SSSR count). The maximum Gasteiger partial charge on any atom is 0.277 e. The SMILES string of the molecule is NCc1nnc(SCc2nc(-c3ccc(F)cc3)no2)o1. The summed E-state index contributed by atoms with van der Waals surface area (Å²) in [5.41, 5.74) is 6.06. The summed E-state index contributed by atoms with van der Waals surface area (Å²) in [5, 5.41) is 11.8. The van der Waals surface area contributed by atoms with Gasteiger partial charge in [-0.3, -0.25) is 0 Å². The summed E-state index contributed by atoms with van der Waals surface area (Å²) in [6, 6.07) is 5.85. The first-order valence-electron chi connectivity index (χ1n) is 5.98. The summed E-state index contributed by atoms with van der Waals surface area (Å²) in [7, 11) is 0. The van der Waals surface area contributed by atoms with Crippen LogP contribution < -0.4 is 5.73 Å². The fraction of sp³-hybridized carbons (Fsp3) is 0.167. The molecule has 21 heavy (non-hydrogen) atoms. The summed E-state index contributed by atoms with van der Waals surface area (Å²) in [6.45, 7) is 0.197. The smallest absolute Gasteiger partial charge is 0.277 e. The normalized spacial score (nSPS) is 11.0. The van der Waals surface area contributed by atoms with Crippen LogP contribution >= 0.6 is 11.8 Å². The Morgan fingerprint density at radius 2 is 1.95 bits per heavy atom. The molecule has 0 saturated heterocycles. The molecule has 0 fully saturated rings. The molecule has 2 heterocycles. The fourth-order valence-electron chi connectivity index (χ4n) is 1.53.